The zero-order chi connectivity index (χ0) is 20.4. The molecule has 2 heterocycles. The number of halogens is 2. The van der Waals surface area contributed by atoms with Crippen LogP contribution in [0.5, 0.6) is 0 Å². The fourth-order valence-corrected chi connectivity index (χ4v) is 4.03. The van der Waals surface area contributed by atoms with Crippen molar-refractivity contribution in [2.24, 2.45) is 5.92 Å². The van der Waals surface area contributed by atoms with Crippen LogP contribution >= 0.6 is 0 Å². The first-order chi connectivity index (χ1) is 14.0. The number of para-hydroxylation sites is 1. The minimum absolute atomic E-state index is 0.0202. The highest BCUT2D eigenvalue weighted by Gasteiger charge is 2.37. The average molecular weight is 399 g/mol. The van der Waals surface area contributed by atoms with Gasteiger partial charge in [-0.3, -0.25) is 9.59 Å². The van der Waals surface area contributed by atoms with Crippen molar-refractivity contribution < 1.29 is 18.4 Å². The molecule has 2 fully saturated rings. The molecule has 29 heavy (non-hydrogen) atoms. The van der Waals surface area contributed by atoms with Gasteiger partial charge in [-0.05, 0) is 29.8 Å². The van der Waals surface area contributed by atoms with E-state index in [-0.39, 0.29) is 35.8 Å². The number of piperazine rings is 1. The van der Waals surface area contributed by atoms with E-state index in [1.165, 1.54) is 18.2 Å². The van der Waals surface area contributed by atoms with Crippen molar-refractivity contribution in [3.63, 3.8) is 0 Å². The Labute approximate surface area is 168 Å². The predicted molar refractivity (Wildman–Crippen MR) is 105 cm³/mol. The molecule has 2 amide bonds. The number of hydrogen-bond donors (Lipinski definition) is 0. The molecule has 1 atom stereocenters. The van der Waals surface area contributed by atoms with Gasteiger partial charge in [-0.25, -0.2) is 8.78 Å². The van der Waals surface area contributed by atoms with Crippen molar-refractivity contribution in [1.29, 1.82) is 0 Å². The number of rotatable bonds is 4. The molecule has 0 aliphatic carbocycles. The predicted octanol–water partition coefficient (Wildman–Crippen LogP) is 2.66. The van der Waals surface area contributed by atoms with E-state index in [0.717, 1.165) is 5.56 Å². The van der Waals surface area contributed by atoms with E-state index >= 15 is 0 Å². The van der Waals surface area contributed by atoms with Crippen LogP contribution in [0.4, 0.5) is 14.5 Å². The number of nitrogens with zero attached hydrogens (tertiary/aromatic N) is 3. The summed E-state index contributed by atoms with van der Waals surface area (Å²) in [7, 11) is 0. The number of carbonyl (C=O) groups is 2. The van der Waals surface area contributed by atoms with Crippen molar-refractivity contribution in [3.8, 4) is 0 Å². The molecule has 0 spiro atoms. The van der Waals surface area contributed by atoms with Gasteiger partial charge in [0.1, 0.15) is 11.6 Å². The van der Waals surface area contributed by atoms with Gasteiger partial charge < -0.3 is 14.7 Å². The number of carbonyl (C=O) groups excluding carboxylic acids is 2. The molecular weight excluding hydrogens is 376 g/mol. The molecule has 5 nitrogen and oxygen atoms in total. The van der Waals surface area contributed by atoms with E-state index in [9.17, 15) is 18.4 Å². The maximum Gasteiger partial charge on any atom is 0.228 e. The van der Waals surface area contributed by atoms with Crippen LogP contribution in [0.15, 0.2) is 48.5 Å². The molecule has 0 saturated carbocycles. The number of benzene rings is 2. The Morgan fingerprint density at radius 1 is 0.966 bits per heavy atom. The van der Waals surface area contributed by atoms with Gasteiger partial charge in [-0.1, -0.05) is 24.3 Å². The largest absolute Gasteiger partial charge is 0.366 e. The molecule has 0 aromatic heterocycles. The second kappa shape index (κ2) is 8.19. The lowest BCUT2D eigenvalue weighted by Crippen LogP contribution is -2.50. The van der Waals surface area contributed by atoms with Crippen molar-refractivity contribution in [3.05, 3.63) is 65.7 Å². The summed E-state index contributed by atoms with van der Waals surface area (Å²) < 4.78 is 27.0. The molecule has 7 heteroatoms. The van der Waals surface area contributed by atoms with E-state index in [2.05, 4.69) is 0 Å². The summed E-state index contributed by atoms with van der Waals surface area (Å²) in [5.74, 6) is -1.01. The first-order valence-electron chi connectivity index (χ1n) is 9.82. The Hall–Kier alpha value is -2.96. The van der Waals surface area contributed by atoms with Crippen LogP contribution in [0.3, 0.4) is 0 Å². The number of likely N-dealkylation sites (tertiary alicyclic amines) is 1. The molecule has 4 rings (SSSR count). The summed E-state index contributed by atoms with van der Waals surface area (Å²) in [5.41, 5.74) is 1.40. The van der Waals surface area contributed by atoms with Gasteiger partial charge in [0.2, 0.25) is 11.8 Å². The average Bonchev–Trinajstić information content (AvgIpc) is 3.10. The Bertz CT molecular complexity index is 895. The fraction of sp³-hybridized carbons (Fsp3) is 0.364. The Balaban J connectivity index is 1.33. The highest BCUT2D eigenvalue weighted by Crippen LogP contribution is 2.25. The Kier molecular flexibility index (Phi) is 5.47. The van der Waals surface area contributed by atoms with Crippen molar-refractivity contribution in [1.82, 2.24) is 9.80 Å². The molecular formula is C22H23F2N3O2. The van der Waals surface area contributed by atoms with Crippen LogP contribution in [0, 0.1) is 17.6 Å². The molecule has 2 aliphatic rings. The third-order valence-corrected chi connectivity index (χ3v) is 5.63. The molecule has 2 aliphatic heterocycles. The molecule has 0 N–H and O–H groups in total. The lowest BCUT2D eigenvalue weighted by molar-refractivity contribution is -0.136. The lowest BCUT2D eigenvalue weighted by Gasteiger charge is -2.37. The number of anilines is 1. The first-order valence-corrected chi connectivity index (χ1v) is 9.82. The SMILES string of the molecule is O=C1C[C@H](C(=O)N2CCN(c3ccccc3F)CC2)CN1Cc1ccc(F)cc1. The molecule has 2 aromatic rings. The number of hydrogen-bond acceptors (Lipinski definition) is 3. The minimum Gasteiger partial charge on any atom is -0.366 e. The van der Waals surface area contributed by atoms with E-state index in [1.54, 1.807) is 40.1 Å². The molecule has 2 saturated heterocycles. The van der Waals surface area contributed by atoms with Crippen LogP contribution in [0.1, 0.15) is 12.0 Å². The lowest BCUT2D eigenvalue weighted by atomic mass is 10.1. The van der Waals surface area contributed by atoms with E-state index in [1.807, 2.05) is 4.90 Å². The summed E-state index contributed by atoms with van der Waals surface area (Å²) in [5, 5.41) is 0. The molecule has 0 unspecified atom stereocenters. The summed E-state index contributed by atoms with van der Waals surface area (Å²) >= 11 is 0. The van der Waals surface area contributed by atoms with Crippen LogP contribution in [-0.4, -0.2) is 54.3 Å². The summed E-state index contributed by atoms with van der Waals surface area (Å²) in [6, 6.07) is 12.7. The monoisotopic (exact) mass is 399 g/mol. The third kappa shape index (κ3) is 4.23. The summed E-state index contributed by atoms with van der Waals surface area (Å²) in [4.78, 5) is 30.6. The van der Waals surface area contributed by atoms with Crippen LogP contribution in [-0.2, 0) is 16.1 Å². The van der Waals surface area contributed by atoms with Crippen molar-refractivity contribution in [2.45, 2.75) is 13.0 Å². The quantitative estimate of drug-likeness (QED) is 0.794. The Morgan fingerprint density at radius 2 is 1.66 bits per heavy atom. The zero-order valence-corrected chi connectivity index (χ0v) is 16.1. The smallest absolute Gasteiger partial charge is 0.228 e. The first kappa shape index (κ1) is 19.4. The minimum atomic E-state index is -0.358. The normalized spacial score (nSPS) is 19.7. The van der Waals surface area contributed by atoms with E-state index in [0.29, 0.717) is 45.0 Å². The van der Waals surface area contributed by atoms with Gasteiger partial charge in [0.25, 0.3) is 0 Å². The maximum absolute atomic E-state index is 14.0. The zero-order valence-electron chi connectivity index (χ0n) is 16.1. The van der Waals surface area contributed by atoms with Gasteiger partial charge in [0.05, 0.1) is 11.6 Å². The van der Waals surface area contributed by atoms with Crippen LogP contribution in [0.25, 0.3) is 0 Å². The summed E-state index contributed by atoms with van der Waals surface area (Å²) in [6.45, 7) is 2.90. The fourth-order valence-electron chi connectivity index (χ4n) is 4.03. The second-order valence-corrected chi connectivity index (χ2v) is 7.57. The maximum atomic E-state index is 14.0. The highest BCUT2D eigenvalue weighted by molar-refractivity contribution is 5.89. The number of amides is 2. The standard InChI is InChI=1S/C22H23F2N3O2/c23-18-7-5-16(6-8-18)14-27-15-17(13-21(27)28)22(29)26-11-9-25(10-12-26)20-4-2-1-3-19(20)24/h1-8,17H,9-15H2/t17-/m0/s1. The highest BCUT2D eigenvalue weighted by atomic mass is 19.1. The molecule has 0 bridgehead atoms. The van der Waals surface area contributed by atoms with E-state index in [4.69, 9.17) is 0 Å². The topological polar surface area (TPSA) is 43.9 Å². The molecule has 0 radical (unpaired) electrons. The van der Waals surface area contributed by atoms with Crippen molar-refractivity contribution >= 4 is 17.5 Å². The van der Waals surface area contributed by atoms with Gasteiger partial charge in [-0.15, -0.1) is 0 Å². The van der Waals surface area contributed by atoms with Crippen LogP contribution < -0.4 is 4.90 Å². The Morgan fingerprint density at radius 3 is 2.34 bits per heavy atom. The van der Waals surface area contributed by atoms with E-state index < -0.39 is 0 Å². The molecule has 2 aromatic carbocycles. The van der Waals surface area contributed by atoms with Gasteiger partial charge in [0, 0.05) is 45.7 Å². The van der Waals surface area contributed by atoms with Crippen LogP contribution in [0.2, 0.25) is 0 Å². The summed E-state index contributed by atoms with van der Waals surface area (Å²) in [6.07, 6.45) is 0.202. The van der Waals surface area contributed by atoms with Gasteiger partial charge in [0.15, 0.2) is 0 Å². The van der Waals surface area contributed by atoms with Crippen molar-refractivity contribution in [2.75, 3.05) is 37.6 Å². The van der Waals surface area contributed by atoms with Gasteiger partial charge >= 0.3 is 0 Å². The second-order valence-electron chi connectivity index (χ2n) is 7.57. The third-order valence-electron chi connectivity index (χ3n) is 5.63. The molecule has 152 valence electrons. The van der Waals surface area contributed by atoms with Gasteiger partial charge in [-0.2, -0.15) is 0 Å².